The average molecular weight is 266 g/mol. The second-order valence-corrected chi connectivity index (χ2v) is 5.19. The first-order valence-electron chi connectivity index (χ1n) is 5.17. The zero-order chi connectivity index (χ0) is 13.8. The zero-order valence-electron chi connectivity index (χ0n) is 10.1. The largest absolute Gasteiger partial charge is 0.341 e. The van der Waals surface area contributed by atoms with Gasteiger partial charge in [-0.15, -0.1) is 5.92 Å². The van der Waals surface area contributed by atoms with Crippen LogP contribution >= 0.6 is 0 Å². The molecule has 6 heteroatoms. The van der Waals surface area contributed by atoms with Crippen LogP contribution in [0.5, 0.6) is 0 Å². The van der Waals surface area contributed by atoms with Gasteiger partial charge in [-0.25, -0.2) is 13.6 Å². The summed E-state index contributed by atoms with van der Waals surface area (Å²) in [6.07, 6.45) is 0. The maximum absolute atomic E-state index is 11.8. The van der Waals surface area contributed by atoms with Gasteiger partial charge in [0.05, 0.1) is 11.4 Å². The smallest absolute Gasteiger partial charge is 0.252 e. The number of carbonyl (C=O) groups excluding carboxylic acids is 1. The molecule has 1 amide bonds. The molecular weight excluding hydrogens is 252 g/mol. The highest BCUT2D eigenvalue weighted by molar-refractivity contribution is 7.89. The van der Waals surface area contributed by atoms with Crippen LogP contribution in [0.15, 0.2) is 23.1 Å². The van der Waals surface area contributed by atoms with Crippen molar-refractivity contribution in [3.8, 4) is 11.8 Å². The molecule has 18 heavy (non-hydrogen) atoms. The first-order chi connectivity index (χ1) is 8.36. The molecule has 0 bridgehead atoms. The molecule has 0 radical (unpaired) electrons. The monoisotopic (exact) mass is 266 g/mol. The van der Waals surface area contributed by atoms with Crippen molar-refractivity contribution in [3.05, 3.63) is 29.3 Å². The van der Waals surface area contributed by atoms with Gasteiger partial charge in [0.15, 0.2) is 0 Å². The standard InChI is InChI=1S/C12H14N2O3S/c1-3-4-7-14-12(15)11-8-10(18(13,16)17)6-5-9(11)2/h5-6,8H,7H2,1-2H3,(H,14,15)(H2,13,16,17). The van der Waals surface area contributed by atoms with Gasteiger partial charge in [-0.05, 0) is 31.5 Å². The third-order valence-electron chi connectivity index (χ3n) is 2.30. The van der Waals surface area contributed by atoms with E-state index in [1.807, 2.05) is 0 Å². The minimum absolute atomic E-state index is 0.0835. The summed E-state index contributed by atoms with van der Waals surface area (Å²) in [6, 6.07) is 4.17. The molecule has 1 aromatic carbocycles. The Morgan fingerprint density at radius 1 is 1.44 bits per heavy atom. The first-order valence-corrected chi connectivity index (χ1v) is 6.72. The molecule has 0 spiro atoms. The van der Waals surface area contributed by atoms with Crippen molar-refractivity contribution in [2.45, 2.75) is 18.7 Å². The minimum Gasteiger partial charge on any atom is -0.341 e. The SMILES string of the molecule is CC#CCNC(=O)c1cc(S(N)(=O)=O)ccc1C. The lowest BCUT2D eigenvalue weighted by Gasteiger charge is -2.07. The highest BCUT2D eigenvalue weighted by Gasteiger charge is 2.14. The van der Waals surface area contributed by atoms with Gasteiger partial charge in [0.2, 0.25) is 10.0 Å². The Balaban J connectivity index is 3.07. The molecule has 0 aliphatic heterocycles. The van der Waals surface area contributed by atoms with E-state index in [1.165, 1.54) is 12.1 Å². The predicted molar refractivity (Wildman–Crippen MR) is 68.3 cm³/mol. The number of primary sulfonamides is 1. The third-order valence-corrected chi connectivity index (χ3v) is 3.21. The lowest BCUT2D eigenvalue weighted by atomic mass is 10.1. The molecule has 3 N–H and O–H groups in total. The van der Waals surface area contributed by atoms with Crippen molar-refractivity contribution in [3.63, 3.8) is 0 Å². The topological polar surface area (TPSA) is 89.3 Å². The Morgan fingerprint density at radius 3 is 2.67 bits per heavy atom. The van der Waals surface area contributed by atoms with Crippen LogP contribution in [-0.4, -0.2) is 20.9 Å². The van der Waals surface area contributed by atoms with Crippen LogP contribution in [0.1, 0.15) is 22.8 Å². The molecule has 0 fully saturated rings. The molecule has 0 saturated carbocycles. The van der Waals surface area contributed by atoms with Crippen molar-refractivity contribution >= 4 is 15.9 Å². The van der Waals surface area contributed by atoms with Crippen LogP contribution in [0.2, 0.25) is 0 Å². The summed E-state index contributed by atoms with van der Waals surface area (Å²) in [4.78, 5) is 11.7. The molecule has 0 atom stereocenters. The second-order valence-electron chi connectivity index (χ2n) is 3.63. The summed E-state index contributed by atoms with van der Waals surface area (Å²) < 4.78 is 22.4. The van der Waals surface area contributed by atoms with Gasteiger partial charge >= 0.3 is 0 Å². The van der Waals surface area contributed by atoms with Crippen molar-refractivity contribution in [2.75, 3.05) is 6.54 Å². The maximum atomic E-state index is 11.8. The van der Waals surface area contributed by atoms with Crippen LogP contribution in [-0.2, 0) is 10.0 Å². The quantitative estimate of drug-likeness (QED) is 0.776. The van der Waals surface area contributed by atoms with Gasteiger partial charge in [0.1, 0.15) is 0 Å². The summed E-state index contributed by atoms with van der Waals surface area (Å²) in [5.74, 6) is 4.96. The fraction of sp³-hybridized carbons (Fsp3) is 0.250. The van der Waals surface area contributed by atoms with Crippen molar-refractivity contribution < 1.29 is 13.2 Å². The number of nitrogens with one attached hydrogen (secondary N) is 1. The molecule has 0 heterocycles. The van der Waals surface area contributed by atoms with Crippen molar-refractivity contribution in [1.29, 1.82) is 0 Å². The second kappa shape index (κ2) is 5.67. The number of hydrogen-bond donors (Lipinski definition) is 2. The number of hydrogen-bond acceptors (Lipinski definition) is 3. The zero-order valence-corrected chi connectivity index (χ0v) is 11.0. The summed E-state index contributed by atoms with van der Waals surface area (Å²) in [5.41, 5.74) is 0.948. The minimum atomic E-state index is -3.81. The van der Waals surface area contributed by atoms with Gasteiger partial charge in [0, 0.05) is 5.56 Å². The number of benzene rings is 1. The molecule has 0 aliphatic carbocycles. The summed E-state index contributed by atoms with van der Waals surface area (Å²) in [7, 11) is -3.81. The van der Waals surface area contributed by atoms with Gasteiger partial charge < -0.3 is 5.32 Å². The lowest BCUT2D eigenvalue weighted by molar-refractivity contribution is 0.0958. The van der Waals surface area contributed by atoms with Crippen LogP contribution < -0.4 is 10.5 Å². The number of nitrogens with two attached hydrogens (primary N) is 1. The predicted octanol–water partition coefficient (Wildman–Crippen LogP) is 0.396. The summed E-state index contributed by atoms with van der Waals surface area (Å²) >= 11 is 0. The van der Waals surface area contributed by atoms with E-state index in [0.29, 0.717) is 5.56 Å². The fourth-order valence-corrected chi connectivity index (χ4v) is 1.87. The summed E-state index contributed by atoms with van der Waals surface area (Å²) in [5, 5.41) is 7.59. The Hall–Kier alpha value is -1.84. The van der Waals surface area contributed by atoms with Crippen molar-refractivity contribution in [1.82, 2.24) is 5.32 Å². The molecule has 96 valence electrons. The highest BCUT2D eigenvalue weighted by Crippen LogP contribution is 2.14. The van der Waals surface area contributed by atoms with E-state index in [-0.39, 0.29) is 22.9 Å². The van der Waals surface area contributed by atoms with E-state index in [9.17, 15) is 13.2 Å². The summed E-state index contributed by atoms with van der Waals surface area (Å²) in [6.45, 7) is 3.60. The van der Waals surface area contributed by atoms with E-state index in [4.69, 9.17) is 5.14 Å². The van der Waals surface area contributed by atoms with Gasteiger partial charge in [0.25, 0.3) is 5.91 Å². The number of aryl methyl sites for hydroxylation is 1. The highest BCUT2D eigenvalue weighted by atomic mass is 32.2. The van der Waals surface area contributed by atoms with Gasteiger partial charge in [-0.3, -0.25) is 4.79 Å². The van der Waals surface area contributed by atoms with E-state index in [0.717, 1.165) is 0 Å². The van der Waals surface area contributed by atoms with Crippen LogP contribution in [0.25, 0.3) is 0 Å². The fourth-order valence-electron chi connectivity index (χ4n) is 1.33. The Morgan fingerprint density at radius 2 is 2.11 bits per heavy atom. The molecule has 0 unspecified atom stereocenters. The molecule has 0 aliphatic rings. The number of amides is 1. The van der Waals surface area contributed by atoms with E-state index < -0.39 is 10.0 Å². The maximum Gasteiger partial charge on any atom is 0.252 e. The molecular formula is C12H14N2O3S. The normalized spacial score (nSPS) is 10.4. The number of sulfonamides is 1. The molecule has 5 nitrogen and oxygen atoms in total. The molecule has 0 aromatic heterocycles. The van der Waals surface area contributed by atoms with Crippen molar-refractivity contribution in [2.24, 2.45) is 5.14 Å². The molecule has 1 aromatic rings. The van der Waals surface area contributed by atoms with Gasteiger partial charge in [-0.1, -0.05) is 12.0 Å². The number of rotatable bonds is 3. The van der Waals surface area contributed by atoms with E-state index in [2.05, 4.69) is 17.2 Å². The van der Waals surface area contributed by atoms with Crippen LogP contribution in [0, 0.1) is 18.8 Å². The number of carbonyl (C=O) groups is 1. The third kappa shape index (κ3) is 3.58. The van der Waals surface area contributed by atoms with Crippen LogP contribution in [0.3, 0.4) is 0 Å². The molecule has 0 saturated heterocycles. The van der Waals surface area contributed by atoms with Gasteiger partial charge in [-0.2, -0.15) is 0 Å². The Kier molecular flexibility index (Phi) is 4.48. The van der Waals surface area contributed by atoms with E-state index >= 15 is 0 Å². The van der Waals surface area contributed by atoms with E-state index in [1.54, 1.807) is 19.9 Å². The Bertz CT molecular complexity index is 624. The Labute approximate surface area is 106 Å². The average Bonchev–Trinajstić information content (AvgIpc) is 2.28. The lowest BCUT2D eigenvalue weighted by Crippen LogP contribution is -2.25. The van der Waals surface area contributed by atoms with Crippen LogP contribution in [0.4, 0.5) is 0 Å². The molecule has 1 rings (SSSR count). The first kappa shape index (κ1) is 14.2.